The zero-order valence-electron chi connectivity index (χ0n) is 25.4. The zero-order chi connectivity index (χ0) is 32.4. The number of likely N-dealkylation sites (N-methyl/N-ethyl adjacent to an activating group) is 1. The maximum atomic E-state index is 13.4. The van der Waals surface area contributed by atoms with Gasteiger partial charge in [0.1, 0.15) is 18.1 Å². The Kier molecular flexibility index (Phi) is 12.6. The van der Waals surface area contributed by atoms with Crippen molar-refractivity contribution in [1.82, 2.24) is 15.5 Å². The Bertz CT molecular complexity index is 1350. The monoisotopic (exact) mass is 643 g/mol. The number of aliphatic carboxylic acids is 2. The van der Waals surface area contributed by atoms with Crippen LogP contribution in [-0.4, -0.2) is 81.2 Å². The number of nitrogens with one attached hydrogen (secondary N) is 4. The van der Waals surface area contributed by atoms with Crippen molar-refractivity contribution < 1.29 is 29.4 Å². The molecule has 1 aliphatic rings. The standard InChI is InChI=1S/C31H41N5O6S2/c1-31(2,3)17-25(37)34-24(29(41)42)18-44-15-13-23(28(39)40)35-27(38)26-22-11-10-21(16-19(22)12-14-36(26)4)33-30(43)32-20-8-6-5-7-9-20/h5-11,16,23-24,26H,12-15,17-18H2,1-4H3,(H,34,37)(H,35,38)(H,39,40)(H,41,42)(H2,32,33,43). The van der Waals surface area contributed by atoms with Crippen LogP contribution in [0.25, 0.3) is 0 Å². The lowest BCUT2D eigenvalue weighted by molar-refractivity contribution is -0.142. The van der Waals surface area contributed by atoms with E-state index in [-0.39, 0.29) is 35.7 Å². The lowest BCUT2D eigenvalue weighted by Crippen LogP contribution is -2.48. The fourth-order valence-electron chi connectivity index (χ4n) is 4.80. The van der Waals surface area contributed by atoms with Crippen LogP contribution >= 0.6 is 24.0 Å². The van der Waals surface area contributed by atoms with Gasteiger partial charge in [0.15, 0.2) is 5.11 Å². The highest BCUT2D eigenvalue weighted by Crippen LogP contribution is 2.31. The fraction of sp³-hybridized carbons (Fsp3) is 0.452. The van der Waals surface area contributed by atoms with Gasteiger partial charge in [-0.2, -0.15) is 11.8 Å². The third-order valence-electron chi connectivity index (χ3n) is 6.92. The number of thiocarbonyl (C=S) groups is 1. The number of carbonyl (C=O) groups is 4. The number of benzene rings is 2. The molecule has 2 amide bonds. The SMILES string of the molecule is CN1CCc2cc(NC(=S)Nc3ccccc3)ccc2C1C(=O)NC(CCSCC(NC(=O)CC(C)(C)C)C(=O)O)C(=O)O. The average Bonchev–Trinajstić information content (AvgIpc) is 2.93. The minimum absolute atomic E-state index is 0.0743. The molecule has 0 fully saturated rings. The molecule has 2 aromatic rings. The van der Waals surface area contributed by atoms with Gasteiger partial charge in [-0.05, 0) is 78.7 Å². The molecule has 0 spiro atoms. The van der Waals surface area contributed by atoms with Crippen LogP contribution in [0.4, 0.5) is 11.4 Å². The largest absolute Gasteiger partial charge is 0.480 e. The van der Waals surface area contributed by atoms with Gasteiger partial charge in [0.2, 0.25) is 11.8 Å². The molecule has 3 unspecified atom stereocenters. The number of carboxylic acids is 2. The maximum Gasteiger partial charge on any atom is 0.327 e. The second-order valence-electron chi connectivity index (χ2n) is 12.0. The van der Waals surface area contributed by atoms with E-state index < -0.39 is 36.0 Å². The summed E-state index contributed by atoms with van der Waals surface area (Å²) < 4.78 is 0. The molecule has 1 aliphatic heterocycles. The molecular weight excluding hydrogens is 603 g/mol. The van der Waals surface area contributed by atoms with Gasteiger partial charge in [-0.25, -0.2) is 9.59 Å². The first-order valence-corrected chi connectivity index (χ1v) is 15.9. The van der Waals surface area contributed by atoms with E-state index in [1.165, 1.54) is 11.8 Å². The Morgan fingerprint density at radius 2 is 1.64 bits per heavy atom. The summed E-state index contributed by atoms with van der Waals surface area (Å²) in [6.45, 7) is 6.26. The number of anilines is 2. The van der Waals surface area contributed by atoms with E-state index in [9.17, 15) is 29.4 Å². The maximum absolute atomic E-state index is 13.4. The normalized spacial score (nSPS) is 16.1. The molecule has 3 atom stereocenters. The van der Waals surface area contributed by atoms with E-state index in [1.54, 1.807) is 0 Å². The van der Waals surface area contributed by atoms with Crippen molar-refractivity contribution in [3.63, 3.8) is 0 Å². The number of fused-ring (bicyclic) bond motifs is 1. The predicted molar refractivity (Wildman–Crippen MR) is 177 cm³/mol. The van der Waals surface area contributed by atoms with Crippen LogP contribution in [0.1, 0.15) is 50.8 Å². The molecule has 0 bridgehead atoms. The molecule has 13 heteroatoms. The number of para-hydroxylation sites is 1. The van der Waals surface area contributed by atoms with Crippen molar-refractivity contribution in [2.45, 2.75) is 58.2 Å². The predicted octanol–water partition coefficient (Wildman–Crippen LogP) is 3.72. The van der Waals surface area contributed by atoms with Gasteiger partial charge in [-0.3, -0.25) is 14.5 Å². The van der Waals surface area contributed by atoms with Gasteiger partial charge in [0.25, 0.3) is 0 Å². The number of hydrogen-bond donors (Lipinski definition) is 6. The summed E-state index contributed by atoms with van der Waals surface area (Å²) in [5.41, 5.74) is 3.10. The highest BCUT2D eigenvalue weighted by molar-refractivity contribution is 7.99. The van der Waals surface area contributed by atoms with E-state index in [0.29, 0.717) is 18.1 Å². The lowest BCUT2D eigenvalue weighted by atomic mass is 9.91. The quantitative estimate of drug-likeness (QED) is 0.139. The van der Waals surface area contributed by atoms with Crippen LogP contribution in [0.5, 0.6) is 0 Å². The number of nitrogens with zero attached hydrogens (tertiary/aromatic N) is 1. The van der Waals surface area contributed by atoms with Gasteiger partial charge in [0.05, 0.1) is 0 Å². The van der Waals surface area contributed by atoms with Gasteiger partial charge < -0.3 is 31.5 Å². The molecule has 0 aromatic heterocycles. The molecule has 6 N–H and O–H groups in total. The minimum Gasteiger partial charge on any atom is -0.480 e. The third kappa shape index (κ3) is 10.8. The summed E-state index contributed by atoms with van der Waals surface area (Å²) in [5.74, 6) is -2.76. The Labute approximate surface area is 267 Å². The van der Waals surface area contributed by atoms with E-state index in [2.05, 4.69) is 21.3 Å². The third-order valence-corrected chi connectivity index (χ3v) is 8.22. The van der Waals surface area contributed by atoms with Crippen molar-refractivity contribution in [1.29, 1.82) is 0 Å². The molecular formula is C31H41N5O6S2. The topological polar surface area (TPSA) is 160 Å². The molecule has 0 saturated heterocycles. The summed E-state index contributed by atoms with van der Waals surface area (Å²) in [5, 5.41) is 31.3. The Hall–Kier alpha value is -3.68. The zero-order valence-corrected chi connectivity index (χ0v) is 27.0. The van der Waals surface area contributed by atoms with E-state index in [4.69, 9.17) is 12.2 Å². The molecule has 2 aromatic carbocycles. The molecule has 0 saturated carbocycles. The first kappa shape index (κ1) is 34.8. The van der Waals surface area contributed by atoms with Crippen LogP contribution in [-0.2, 0) is 25.6 Å². The molecule has 0 radical (unpaired) electrons. The van der Waals surface area contributed by atoms with E-state index in [0.717, 1.165) is 22.5 Å². The summed E-state index contributed by atoms with van der Waals surface area (Å²) in [4.78, 5) is 51.2. The van der Waals surface area contributed by atoms with Gasteiger partial charge in [-0.15, -0.1) is 0 Å². The van der Waals surface area contributed by atoms with Crippen LogP contribution in [0.15, 0.2) is 48.5 Å². The summed E-state index contributed by atoms with van der Waals surface area (Å²) in [6, 6.07) is 12.3. The summed E-state index contributed by atoms with van der Waals surface area (Å²) >= 11 is 6.65. The molecule has 3 rings (SSSR count). The molecule has 238 valence electrons. The number of carbonyl (C=O) groups excluding carboxylic acids is 2. The van der Waals surface area contributed by atoms with Crippen LogP contribution in [0, 0.1) is 5.41 Å². The van der Waals surface area contributed by atoms with Crippen molar-refractivity contribution in [2.75, 3.05) is 35.7 Å². The van der Waals surface area contributed by atoms with Gasteiger partial charge in [-0.1, -0.05) is 45.0 Å². The molecule has 11 nitrogen and oxygen atoms in total. The average molecular weight is 644 g/mol. The fourth-order valence-corrected chi connectivity index (χ4v) is 6.06. The summed E-state index contributed by atoms with van der Waals surface area (Å²) in [7, 11) is 1.82. The first-order valence-electron chi connectivity index (χ1n) is 14.3. The molecule has 1 heterocycles. The Balaban J connectivity index is 1.58. The number of rotatable bonds is 13. The second kappa shape index (κ2) is 15.9. The minimum atomic E-state index is -1.18. The number of amides is 2. The van der Waals surface area contributed by atoms with Gasteiger partial charge >= 0.3 is 11.9 Å². The molecule has 44 heavy (non-hydrogen) atoms. The van der Waals surface area contributed by atoms with Crippen molar-refractivity contribution >= 4 is 64.2 Å². The number of carboxylic acid groups (broad SMARTS) is 2. The second-order valence-corrected chi connectivity index (χ2v) is 13.5. The van der Waals surface area contributed by atoms with Crippen molar-refractivity contribution in [3.05, 3.63) is 59.7 Å². The van der Waals surface area contributed by atoms with Crippen molar-refractivity contribution in [3.8, 4) is 0 Å². The highest BCUT2D eigenvalue weighted by atomic mass is 32.2. The number of hydrogen-bond acceptors (Lipinski definition) is 7. The molecule has 0 aliphatic carbocycles. The van der Waals surface area contributed by atoms with Gasteiger partial charge in [0, 0.05) is 30.1 Å². The van der Waals surface area contributed by atoms with E-state index in [1.807, 2.05) is 81.2 Å². The first-order chi connectivity index (χ1) is 20.7. The Morgan fingerprint density at radius 3 is 2.27 bits per heavy atom. The lowest BCUT2D eigenvalue weighted by Gasteiger charge is -2.34. The summed E-state index contributed by atoms with van der Waals surface area (Å²) in [6.07, 6.45) is 0.982. The van der Waals surface area contributed by atoms with E-state index >= 15 is 0 Å². The smallest absolute Gasteiger partial charge is 0.327 e. The van der Waals surface area contributed by atoms with Crippen molar-refractivity contribution in [2.24, 2.45) is 5.41 Å². The van der Waals surface area contributed by atoms with Crippen LogP contribution < -0.4 is 21.3 Å². The van der Waals surface area contributed by atoms with Crippen LogP contribution in [0.3, 0.4) is 0 Å². The highest BCUT2D eigenvalue weighted by Gasteiger charge is 2.33. The van der Waals surface area contributed by atoms with Crippen LogP contribution in [0.2, 0.25) is 0 Å². The number of thioether (sulfide) groups is 1. The Morgan fingerprint density at radius 1 is 0.977 bits per heavy atom.